The first kappa shape index (κ1) is 25.4. The molecule has 8 heteroatoms. The number of fused-ring (bicyclic) bond motifs is 1. The Balaban J connectivity index is 1.49. The molecule has 0 unspecified atom stereocenters. The fourth-order valence-corrected chi connectivity index (χ4v) is 5.86. The molecule has 1 aliphatic heterocycles. The maximum absolute atomic E-state index is 12.9. The lowest BCUT2D eigenvalue weighted by atomic mass is 10.1. The number of nitrogens with one attached hydrogen (secondary N) is 1. The van der Waals surface area contributed by atoms with Crippen molar-refractivity contribution in [1.29, 1.82) is 0 Å². The number of benzene rings is 3. The first-order valence-corrected chi connectivity index (χ1v) is 13.5. The van der Waals surface area contributed by atoms with E-state index in [9.17, 15) is 13.2 Å². The molecular weight excluding hydrogens is 484 g/mol. The molecule has 0 radical (unpaired) electrons. The van der Waals surface area contributed by atoms with Gasteiger partial charge in [0.25, 0.3) is 0 Å². The van der Waals surface area contributed by atoms with Crippen molar-refractivity contribution in [1.82, 2.24) is 9.62 Å². The van der Waals surface area contributed by atoms with Crippen LogP contribution in [0.25, 0.3) is 10.8 Å². The Bertz CT molecular complexity index is 1310. The third kappa shape index (κ3) is 6.92. The quantitative estimate of drug-likeness (QED) is 0.287. The minimum atomic E-state index is -3.67. The Hall–Kier alpha value is -2.71. The second-order valence-corrected chi connectivity index (χ2v) is 11.1. The van der Waals surface area contributed by atoms with Gasteiger partial charge in [-0.05, 0) is 65.9 Å². The third-order valence-corrected chi connectivity index (χ3v) is 8.00. The van der Waals surface area contributed by atoms with Gasteiger partial charge in [0.15, 0.2) is 0 Å². The summed E-state index contributed by atoms with van der Waals surface area (Å²) in [5, 5.41) is 11.7. The molecule has 184 valence electrons. The Morgan fingerprint density at radius 2 is 1.83 bits per heavy atom. The van der Waals surface area contributed by atoms with E-state index in [-0.39, 0.29) is 23.4 Å². The van der Waals surface area contributed by atoms with Gasteiger partial charge in [0.2, 0.25) is 10.0 Å². The van der Waals surface area contributed by atoms with Crippen LogP contribution in [0.1, 0.15) is 31.2 Å². The molecule has 6 nitrogen and oxygen atoms in total. The van der Waals surface area contributed by atoms with Crippen LogP contribution >= 0.6 is 11.6 Å². The van der Waals surface area contributed by atoms with E-state index in [1.54, 1.807) is 12.1 Å². The Morgan fingerprint density at radius 1 is 1.09 bits per heavy atom. The van der Waals surface area contributed by atoms with Crippen LogP contribution in [0.4, 0.5) is 0 Å². The molecule has 1 aliphatic rings. The number of carboxylic acids is 1. The van der Waals surface area contributed by atoms with E-state index < -0.39 is 16.0 Å². The maximum atomic E-state index is 12.9. The van der Waals surface area contributed by atoms with E-state index in [0.717, 1.165) is 5.56 Å². The Morgan fingerprint density at radius 3 is 2.57 bits per heavy atom. The van der Waals surface area contributed by atoms with E-state index in [1.807, 2.05) is 18.2 Å². The number of rotatable bonds is 10. The standard InChI is InChI=1S/C27H29ClN2O4S/c28-23-12-14-26(15-13-23)35(33,34)29-24-17-25(8-2-1-3-9-27(31)32)30(19-24)18-20-10-11-21-6-4-5-7-22(21)16-20/h2,4-8,10-16,24-25,29H,1,3,9,17-19H2,(H,31,32)/b8-2-/t24-,25-/m1/s1. The maximum Gasteiger partial charge on any atom is 0.303 e. The highest BCUT2D eigenvalue weighted by atomic mass is 35.5. The van der Waals surface area contributed by atoms with Crippen molar-refractivity contribution >= 4 is 38.4 Å². The predicted molar refractivity (Wildman–Crippen MR) is 139 cm³/mol. The summed E-state index contributed by atoms with van der Waals surface area (Å²) in [6.07, 6.45) is 6.12. The molecule has 0 amide bonds. The molecule has 1 saturated heterocycles. The van der Waals surface area contributed by atoms with Crippen molar-refractivity contribution in [3.8, 4) is 0 Å². The SMILES string of the molecule is O=C(O)CCC/C=C\[C@@H]1C[C@@H](NS(=O)(=O)c2ccc(Cl)cc2)CN1Cc1ccc2ccccc2c1. The van der Waals surface area contributed by atoms with Crippen LogP contribution < -0.4 is 4.72 Å². The summed E-state index contributed by atoms with van der Waals surface area (Å²) in [5.74, 6) is -0.797. The summed E-state index contributed by atoms with van der Waals surface area (Å²) in [4.78, 5) is 13.2. The van der Waals surface area contributed by atoms with Gasteiger partial charge in [0.05, 0.1) is 4.90 Å². The van der Waals surface area contributed by atoms with Gasteiger partial charge >= 0.3 is 5.97 Å². The van der Waals surface area contributed by atoms with E-state index in [1.165, 1.54) is 22.9 Å². The molecule has 0 aromatic heterocycles. The number of nitrogens with zero attached hydrogens (tertiary/aromatic N) is 1. The van der Waals surface area contributed by atoms with Crippen LogP contribution in [-0.4, -0.2) is 43.0 Å². The number of likely N-dealkylation sites (tertiary alicyclic amines) is 1. The van der Waals surface area contributed by atoms with Crippen molar-refractivity contribution in [2.45, 2.75) is 49.2 Å². The number of unbranched alkanes of at least 4 members (excludes halogenated alkanes) is 1. The average molecular weight is 513 g/mol. The molecule has 0 spiro atoms. The van der Waals surface area contributed by atoms with Crippen molar-refractivity contribution in [3.05, 3.63) is 89.5 Å². The summed E-state index contributed by atoms with van der Waals surface area (Å²) < 4.78 is 28.7. The topological polar surface area (TPSA) is 86.7 Å². The van der Waals surface area contributed by atoms with E-state index in [2.05, 4.69) is 46.0 Å². The number of halogens is 1. The first-order chi connectivity index (χ1) is 16.8. The van der Waals surface area contributed by atoms with E-state index in [4.69, 9.17) is 16.7 Å². The van der Waals surface area contributed by atoms with Crippen LogP contribution in [0, 0.1) is 0 Å². The lowest BCUT2D eigenvalue weighted by molar-refractivity contribution is -0.137. The Kier molecular flexibility index (Phi) is 8.23. The van der Waals surface area contributed by atoms with Gasteiger partial charge in [-0.2, -0.15) is 0 Å². The molecule has 3 aromatic carbocycles. The van der Waals surface area contributed by atoms with Gasteiger partial charge in [0.1, 0.15) is 0 Å². The number of sulfonamides is 1. The number of carboxylic acid groups (broad SMARTS) is 1. The van der Waals surface area contributed by atoms with Gasteiger partial charge in [-0.3, -0.25) is 9.69 Å². The van der Waals surface area contributed by atoms with Gasteiger partial charge in [-0.1, -0.05) is 60.2 Å². The molecule has 2 N–H and O–H groups in total. The van der Waals surface area contributed by atoms with Crippen LogP contribution in [0.15, 0.2) is 83.8 Å². The number of hydrogen-bond acceptors (Lipinski definition) is 4. The summed E-state index contributed by atoms with van der Waals surface area (Å²) in [6.45, 7) is 1.26. The second kappa shape index (κ2) is 11.4. The number of carbonyl (C=O) groups is 1. The zero-order valence-electron chi connectivity index (χ0n) is 19.3. The summed E-state index contributed by atoms with van der Waals surface area (Å²) in [6, 6.07) is 20.6. The molecule has 0 aliphatic carbocycles. The van der Waals surface area contributed by atoms with Crippen molar-refractivity contribution < 1.29 is 18.3 Å². The van der Waals surface area contributed by atoms with Crippen molar-refractivity contribution in [2.24, 2.45) is 0 Å². The molecule has 1 fully saturated rings. The monoisotopic (exact) mass is 512 g/mol. The smallest absolute Gasteiger partial charge is 0.303 e. The zero-order chi connectivity index (χ0) is 24.8. The van der Waals surface area contributed by atoms with Crippen LogP contribution in [0.5, 0.6) is 0 Å². The molecule has 0 saturated carbocycles. The molecule has 1 heterocycles. The number of hydrogen-bond donors (Lipinski definition) is 2. The fraction of sp³-hybridized carbons (Fsp3) is 0.296. The minimum Gasteiger partial charge on any atom is -0.481 e. The highest BCUT2D eigenvalue weighted by Crippen LogP contribution is 2.25. The third-order valence-electron chi connectivity index (χ3n) is 6.21. The summed E-state index contributed by atoms with van der Waals surface area (Å²) >= 11 is 5.91. The van der Waals surface area contributed by atoms with Crippen LogP contribution in [-0.2, 0) is 21.4 Å². The lowest BCUT2D eigenvalue weighted by Gasteiger charge is -2.22. The van der Waals surface area contributed by atoms with E-state index >= 15 is 0 Å². The fourth-order valence-electron chi connectivity index (χ4n) is 4.50. The average Bonchev–Trinajstić information content (AvgIpc) is 3.18. The highest BCUT2D eigenvalue weighted by Gasteiger charge is 2.33. The molecule has 0 bridgehead atoms. The minimum absolute atomic E-state index is 0.0456. The second-order valence-electron chi connectivity index (χ2n) is 8.90. The van der Waals surface area contributed by atoms with Crippen molar-refractivity contribution in [3.63, 3.8) is 0 Å². The molecule has 3 aromatic rings. The normalized spacial score (nSPS) is 19.0. The predicted octanol–water partition coefficient (Wildman–Crippen LogP) is 5.23. The van der Waals surface area contributed by atoms with Crippen molar-refractivity contribution in [2.75, 3.05) is 6.54 Å². The molecule has 2 atom stereocenters. The van der Waals surface area contributed by atoms with Gasteiger partial charge < -0.3 is 5.11 Å². The zero-order valence-corrected chi connectivity index (χ0v) is 20.9. The summed E-state index contributed by atoms with van der Waals surface area (Å²) in [5.41, 5.74) is 1.16. The van der Waals surface area contributed by atoms with Crippen LogP contribution in [0.2, 0.25) is 5.02 Å². The molecule has 4 rings (SSSR count). The van der Waals surface area contributed by atoms with Gasteiger partial charge in [-0.15, -0.1) is 0 Å². The lowest BCUT2D eigenvalue weighted by Crippen LogP contribution is -2.37. The van der Waals surface area contributed by atoms with Gasteiger partial charge in [-0.25, -0.2) is 13.1 Å². The molecule has 35 heavy (non-hydrogen) atoms. The Labute approximate surface area is 211 Å². The first-order valence-electron chi connectivity index (χ1n) is 11.7. The number of aliphatic carboxylic acids is 1. The summed E-state index contributed by atoms with van der Waals surface area (Å²) in [7, 11) is -3.67. The van der Waals surface area contributed by atoms with Gasteiger partial charge in [0, 0.05) is 36.6 Å². The highest BCUT2D eigenvalue weighted by molar-refractivity contribution is 7.89. The van der Waals surface area contributed by atoms with Crippen LogP contribution in [0.3, 0.4) is 0 Å². The largest absolute Gasteiger partial charge is 0.481 e. The number of allylic oxidation sites excluding steroid dienone is 1. The molecular formula is C27H29ClN2O4S. The van der Waals surface area contributed by atoms with E-state index in [0.29, 0.717) is 37.4 Å².